The van der Waals surface area contributed by atoms with Crippen LogP contribution in [0.2, 0.25) is 0 Å². The van der Waals surface area contributed by atoms with Gasteiger partial charge in [0.1, 0.15) is 12.3 Å². The van der Waals surface area contributed by atoms with Crippen LogP contribution in [0.15, 0.2) is 84.9 Å². The summed E-state index contributed by atoms with van der Waals surface area (Å²) in [5.41, 5.74) is 15.5. The summed E-state index contributed by atoms with van der Waals surface area (Å²) in [6.45, 7) is 2.10. The number of carboxylic acids is 2. The molecule has 1 aliphatic heterocycles. The first-order valence-corrected chi connectivity index (χ1v) is 14.0. The Balaban J connectivity index is 1.68. The Bertz CT molecular complexity index is 1870. The van der Waals surface area contributed by atoms with Crippen molar-refractivity contribution in [1.82, 2.24) is 0 Å². The highest BCUT2D eigenvalue weighted by molar-refractivity contribution is 6.03. The summed E-state index contributed by atoms with van der Waals surface area (Å²) in [5.74, 6) is -4.16. The van der Waals surface area contributed by atoms with Gasteiger partial charge in [-0.25, -0.2) is 4.79 Å². The number of nitrogens with two attached hydrogens (primary N) is 2. The summed E-state index contributed by atoms with van der Waals surface area (Å²) >= 11 is 0. The number of benzene rings is 4. The van der Waals surface area contributed by atoms with E-state index in [1.54, 1.807) is 24.3 Å². The minimum absolute atomic E-state index is 0.0244. The molecule has 0 aromatic heterocycles. The maximum Gasteiger partial charge on any atom is 0.336 e. The fourth-order valence-corrected chi connectivity index (χ4v) is 5.88. The van der Waals surface area contributed by atoms with E-state index in [-0.39, 0.29) is 34.3 Å². The van der Waals surface area contributed by atoms with Crippen LogP contribution >= 0.6 is 0 Å². The molecule has 11 heteroatoms. The molecule has 0 saturated heterocycles. The number of hydrogen-bond donors (Lipinski definition) is 7. The standard InChI is InChI=1S/C34H31N5O6/c1-34(22-5-3-2-4-6-22)17-28(39-27-10-8-18(31(35)36)15-26(27)34)21-11-20(12-23(13-21)38-29(40)16-30(41)42)24-9-7-19(32(37)43)14-25(24)33(44)45/h2-15,28,39H,16-17H2,1H3,(H3,35,36)(H2,37,43)(H,38,40)(H,41,42)(H,44,45). The lowest BCUT2D eigenvalue weighted by Crippen LogP contribution is -2.35. The van der Waals surface area contributed by atoms with Crippen molar-refractivity contribution in [3.63, 3.8) is 0 Å². The number of amidine groups is 1. The van der Waals surface area contributed by atoms with Crippen molar-refractivity contribution in [2.75, 3.05) is 10.6 Å². The van der Waals surface area contributed by atoms with Gasteiger partial charge in [0.2, 0.25) is 11.8 Å². The molecule has 0 saturated carbocycles. The predicted octanol–water partition coefficient (Wildman–Crippen LogP) is 4.71. The molecule has 0 bridgehead atoms. The lowest BCUT2D eigenvalue weighted by atomic mass is 9.68. The fraction of sp³-hybridized carbons (Fsp3) is 0.147. The normalized spacial score (nSPS) is 17.0. The van der Waals surface area contributed by atoms with Crippen molar-refractivity contribution < 1.29 is 29.4 Å². The van der Waals surface area contributed by atoms with Crippen molar-refractivity contribution >= 4 is 41.0 Å². The van der Waals surface area contributed by atoms with Gasteiger partial charge in [-0.15, -0.1) is 0 Å². The molecule has 0 aliphatic carbocycles. The van der Waals surface area contributed by atoms with Crippen LogP contribution in [-0.4, -0.2) is 39.8 Å². The first-order valence-electron chi connectivity index (χ1n) is 14.0. The third-order valence-electron chi connectivity index (χ3n) is 8.08. The van der Waals surface area contributed by atoms with Crippen LogP contribution in [-0.2, 0) is 15.0 Å². The van der Waals surface area contributed by atoms with E-state index >= 15 is 0 Å². The Labute approximate surface area is 258 Å². The minimum Gasteiger partial charge on any atom is -0.481 e. The van der Waals surface area contributed by atoms with Crippen LogP contribution in [0.3, 0.4) is 0 Å². The van der Waals surface area contributed by atoms with Gasteiger partial charge in [0.15, 0.2) is 0 Å². The minimum atomic E-state index is -1.30. The Hall–Kier alpha value is -5.97. The van der Waals surface area contributed by atoms with Gasteiger partial charge in [0.05, 0.1) is 11.6 Å². The summed E-state index contributed by atoms with van der Waals surface area (Å²) in [7, 11) is 0. The summed E-state index contributed by atoms with van der Waals surface area (Å²) in [5, 5.41) is 33.3. The molecule has 1 heterocycles. The van der Waals surface area contributed by atoms with Crippen molar-refractivity contribution in [3.05, 3.63) is 118 Å². The van der Waals surface area contributed by atoms with Crippen LogP contribution < -0.4 is 22.1 Å². The van der Waals surface area contributed by atoms with E-state index in [9.17, 15) is 24.3 Å². The van der Waals surface area contributed by atoms with Gasteiger partial charge in [0.25, 0.3) is 0 Å². The van der Waals surface area contributed by atoms with Gasteiger partial charge in [0, 0.05) is 27.9 Å². The molecule has 228 valence electrons. The van der Waals surface area contributed by atoms with Gasteiger partial charge in [-0.05, 0) is 82.8 Å². The molecule has 0 spiro atoms. The Morgan fingerprint density at radius 1 is 0.933 bits per heavy atom. The maximum atomic E-state index is 12.5. The lowest BCUT2D eigenvalue weighted by molar-refractivity contribution is -0.139. The Morgan fingerprint density at radius 2 is 1.64 bits per heavy atom. The maximum absolute atomic E-state index is 12.5. The van der Waals surface area contributed by atoms with Crippen LogP contribution in [0.25, 0.3) is 11.1 Å². The molecular weight excluding hydrogens is 574 g/mol. The molecule has 2 amide bonds. The number of carbonyl (C=O) groups excluding carboxylic acids is 2. The number of nitrogen functional groups attached to an aromatic ring is 1. The summed E-state index contributed by atoms with van der Waals surface area (Å²) < 4.78 is 0. The SMILES string of the molecule is CC1(c2ccccc2)CC(c2cc(NC(=O)CC(=O)O)cc(-c3ccc(C(N)=O)cc3C(=O)O)c2)Nc2ccc(C(=N)N)cc21. The van der Waals surface area contributed by atoms with Crippen molar-refractivity contribution in [3.8, 4) is 11.1 Å². The molecule has 2 atom stereocenters. The number of fused-ring (bicyclic) bond motifs is 1. The highest BCUT2D eigenvalue weighted by atomic mass is 16.4. The molecule has 9 N–H and O–H groups in total. The summed E-state index contributed by atoms with van der Waals surface area (Å²) in [6.07, 6.45) is -0.239. The zero-order valence-electron chi connectivity index (χ0n) is 24.3. The van der Waals surface area contributed by atoms with Gasteiger partial charge in [-0.1, -0.05) is 43.3 Å². The fourth-order valence-electron chi connectivity index (χ4n) is 5.88. The van der Waals surface area contributed by atoms with Gasteiger partial charge in [-0.3, -0.25) is 19.8 Å². The van der Waals surface area contributed by atoms with E-state index in [1.807, 2.05) is 42.5 Å². The third-order valence-corrected chi connectivity index (χ3v) is 8.08. The van der Waals surface area contributed by atoms with Crippen LogP contribution in [0.5, 0.6) is 0 Å². The average molecular weight is 606 g/mol. The number of rotatable bonds is 9. The smallest absolute Gasteiger partial charge is 0.336 e. The van der Waals surface area contributed by atoms with E-state index in [4.69, 9.17) is 22.0 Å². The quantitative estimate of drug-likeness (QED) is 0.0805. The van der Waals surface area contributed by atoms with Gasteiger partial charge >= 0.3 is 11.9 Å². The largest absolute Gasteiger partial charge is 0.481 e. The van der Waals surface area contributed by atoms with Crippen molar-refractivity contribution in [2.45, 2.75) is 31.2 Å². The van der Waals surface area contributed by atoms with Gasteiger partial charge < -0.3 is 32.3 Å². The molecule has 4 aromatic carbocycles. The first kappa shape index (κ1) is 30.5. The van der Waals surface area contributed by atoms with Gasteiger partial charge in [-0.2, -0.15) is 0 Å². The van der Waals surface area contributed by atoms with E-state index in [2.05, 4.69) is 17.6 Å². The predicted molar refractivity (Wildman–Crippen MR) is 170 cm³/mol. The molecule has 0 radical (unpaired) electrons. The molecule has 2 unspecified atom stereocenters. The molecular formula is C34H31N5O6. The zero-order valence-corrected chi connectivity index (χ0v) is 24.3. The molecule has 5 rings (SSSR count). The lowest BCUT2D eigenvalue weighted by Gasteiger charge is -2.42. The highest BCUT2D eigenvalue weighted by Gasteiger charge is 2.39. The monoisotopic (exact) mass is 605 g/mol. The topological polar surface area (TPSA) is 209 Å². The van der Waals surface area contributed by atoms with E-state index in [0.29, 0.717) is 23.1 Å². The van der Waals surface area contributed by atoms with E-state index in [0.717, 1.165) is 16.8 Å². The molecule has 0 fully saturated rings. The number of hydrogen-bond acceptors (Lipinski definition) is 6. The molecule has 11 nitrogen and oxygen atoms in total. The first-order chi connectivity index (χ1) is 21.4. The number of carbonyl (C=O) groups is 4. The summed E-state index contributed by atoms with van der Waals surface area (Å²) in [4.78, 5) is 47.8. The number of carboxylic acid groups (broad SMARTS) is 2. The molecule has 45 heavy (non-hydrogen) atoms. The number of aliphatic carboxylic acids is 1. The van der Waals surface area contributed by atoms with Crippen molar-refractivity contribution in [1.29, 1.82) is 5.41 Å². The Morgan fingerprint density at radius 3 is 2.29 bits per heavy atom. The van der Waals surface area contributed by atoms with Crippen molar-refractivity contribution in [2.24, 2.45) is 11.5 Å². The number of amides is 2. The van der Waals surface area contributed by atoms with E-state index < -0.39 is 35.6 Å². The average Bonchev–Trinajstić information content (AvgIpc) is 3.00. The number of nitrogens with one attached hydrogen (secondary N) is 3. The number of aromatic carboxylic acids is 1. The molecule has 1 aliphatic rings. The summed E-state index contributed by atoms with van der Waals surface area (Å²) in [6, 6.07) is 24.2. The molecule has 4 aromatic rings. The van der Waals surface area contributed by atoms with E-state index in [1.165, 1.54) is 18.2 Å². The number of primary amides is 1. The second kappa shape index (κ2) is 12.0. The van der Waals surface area contributed by atoms with Crippen LogP contribution in [0, 0.1) is 5.41 Å². The zero-order chi connectivity index (χ0) is 32.5. The second-order valence-corrected chi connectivity index (χ2v) is 11.2. The Kier molecular flexibility index (Phi) is 8.10. The number of anilines is 2. The second-order valence-electron chi connectivity index (χ2n) is 11.2. The third kappa shape index (κ3) is 6.23. The van der Waals surface area contributed by atoms with Crippen LogP contribution in [0.4, 0.5) is 11.4 Å². The highest BCUT2D eigenvalue weighted by Crippen LogP contribution is 2.49. The van der Waals surface area contributed by atoms with Crippen LogP contribution in [0.1, 0.15) is 68.8 Å².